The molecule has 0 saturated carbocycles. The number of anilines is 1. The van der Waals surface area contributed by atoms with Gasteiger partial charge in [-0.2, -0.15) is 5.10 Å². The van der Waals surface area contributed by atoms with E-state index in [1.807, 2.05) is 0 Å². The molecule has 11 heteroatoms. The van der Waals surface area contributed by atoms with Crippen LogP contribution in [0.15, 0.2) is 24.7 Å². The van der Waals surface area contributed by atoms with Crippen LogP contribution in [0.3, 0.4) is 0 Å². The lowest BCUT2D eigenvalue weighted by atomic mass is 10.0. The van der Waals surface area contributed by atoms with Crippen LogP contribution in [0.5, 0.6) is 0 Å². The second-order valence-electron chi connectivity index (χ2n) is 9.09. The molecule has 2 aliphatic rings. The van der Waals surface area contributed by atoms with Crippen LogP contribution in [0.25, 0.3) is 33.7 Å². The molecule has 1 unspecified atom stereocenters. The van der Waals surface area contributed by atoms with Crippen molar-refractivity contribution in [2.75, 3.05) is 45.2 Å². The molecule has 1 fully saturated rings. The quantitative estimate of drug-likeness (QED) is 0.463. The SMILES string of the molecule is CNC1CCc2c1cc(F)c(-c1ncc3[nH]nc(-c4cnc(N5CCN(C)CC5)nc4)c3n1)c2F. The Labute approximate surface area is 200 Å². The van der Waals surface area contributed by atoms with Crippen molar-refractivity contribution in [2.24, 2.45) is 0 Å². The largest absolute Gasteiger partial charge is 0.338 e. The molecule has 0 bridgehead atoms. The first-order valence-electron chi connectivity index (χ1n) is 11.7. The third kappa shape index (κ3) is 3.71. The number of nitrogens with zero attached hydrogens (tertiary/aromatic N) is 7. The van der Waals surface area contributed by atoms with Crippen LogP contribution in [0, 0.1) is 11.6 Å². The Kier molecular flexibility index (Phi) is 5.37. The molecule has 0 amide bonds. The lowest BCUT2D eigenvalue weighted by Gasteiger charge is -2.32. The zero-order valence-electron chi connectivity index (χ0n) is 19.5. The molecule has 3 aromatic heterocycles. The van der Waals surface area contributed by atoms with E-state index in [0.29, 0.717) is 45.8 Å². The van der Waals surface area contributed by atoms with Crippen molar-refractivity contribution in [3.8, 4) is 22.6 Å². The minimum absolute atomic E-state index is 0.0131. The van der Waals surface area contributed by atoms with Gasteiger partial charge in [-0.15, -0.1) is 0 Å². The lowest BCUT2D eigenvalue weighted by molar-refractivity contribution is 0.311. The fourth-order valence-electron chi connectivity index (χ4n) is 4.94. The summed E-state index contributed by atoms with van der Waals surface area (Å²) in [6.07, 6.45) is 6.16. The summed E-state index contributed by atoms with van der Waals surface area (Å²) in [5.41, 5.74) is 3.15. The molecule has 2 N–H and O–H groups in total. The van der Waals surface area contributed by atoms with Crippen LogP contribution < -0.4 is 10.2 Å². The zero-order chi connectivity index (χ0) is 24.1. The smallest absolute Gasteiger partial charge is 0.225 e. The van der Waals surface area contributed by atoms with Gasteiger partial charge in [-0.1, -0.05) is 0 Å². The molecule has 35 heavy (non-hydrogen) atoms. The molecule has 0 radical (unpaired) electrons. The number of halogens is 2. The first kappa shape index (κ1) is 21.9. The number of likely N-dealkylation sites (N-methyl/N-ethyl adjacent to an activating group) is 1. The number of hydrogen-bond acceptors (Lipinski definition) is 8. The maximum Gasteiger partial charge on any atom is 0.225 e. The fourth-order valence-corrected chi connectivity index (χ4v) is 4.94. The number of aromatic nitrogens is 6. The summed E-state index contributed by atoms with van der Waals surface area (Å²) in [6.45, 7) is 3.65. The summed E-state index contributed by atoms with van der Waals surface area (Å²) in [5.74, 6) is -0.616. The number of H-pyrrole nitrogens is 1. The van der Waals surface area contributed by atoms with Crippen LogP contribution in [0.4, 0.5) is 14.7 Å². The summed E-state index contributed by atoms with van der Waals surface area (Å²) in [6, 6.07) is 1.34. The summed E-state index contributed by atoms with van der Waals surface area (Å²) >= 11 is 0. The van der Waals surface area contributed by atoms with E-state index in [9.17, 15) is 0 Å². The van der Waals surface area contributed by atoms with Gasteiger partial charge in [-0.25, -0.2) is 28.7 Å². The van der Waals surface area contributed by atoms with E-state index < -0.39 is 11.6 Å². The Morgan fingerprint density at radius 1 is 1.06 bits per heavy atom. The van der Waals surface area contributed by atoms with Gasteiger partial charge >= 0.3 is 0 Å². The molecule has 180 valence electrons. The van der Waals surface area contributed by atoms with Gasteiger partial charge in [0.2, 0.25) is 5.95 Å². The van der Waals surface area contributed by atoms with E-state index in [4.69, 9.17) is 0 Å². The maximum atomic E-state index is 15.4. The highest BCUT2D eigenvalue weighted by atomic mass is 19.1. The van der Waals surface area contributed by atoms with Crippen molar-refractivity contribution in [2.45, 2.75) is 18.9 Å². The van der Waals surface area contributed by atoms with Crippen molar-refractivity contribution in [1.29, 1.82) is 0 Å². The molecule has 4 aromatic rings. The summed E-state index contributed by atoms with van der Waals surface area (Å²) in [5, 5.41) is 10.4. The number of nitrogens with one attached hydrogen (secondary N) is 2. The maximum absolute atomic E-state index is 15.4. The molecule has 6 rings (SSSR count). The Hall–Kier alpha value is -3.57. The van der Waals surface area contributed by atoms with Gasteiger partial charge < -0.3 is 15.1 Å². The van der Waals surface area contributed by atoms with E-state index in [1.54, 1.807) is 19.4 Å². The van der Waals surface area contributed by atoms with E-state index in [-0.39, 0.29) is 17.4 Å². The minimum Gasteiger partial charge on any atom is -0.338 e. The predicted octanol–water partition coefficient (Wildman–Crippen LogP) is 2.71. The summed E-state index contributed by atoms with van der Waals surface area (Å²) in [4.78, 5) is 22.2. The molecule has 1 atom stereocenters. The van der Waals surface area contributed by atoms with E-state index >= 15 is 8.78 Å². The first-order chi connectivity index (χ1) is 17.0. The lowest BCUT2D eigenvalue weighted by Crippen LogP contribution is -2.45. The molecule has 1 aromatic carbocycles. The first-order valence-corrected chi connectivity index (χ1v) is 11.7. The molecule has 1 saturated heterocycles. The minimum atomic E-state index is -0.673. The molecule has 9 nitrogen and oxygen atoms in total. The van der Waals surface area contributed by atoms with E-state index in [2.05, 4.69) is 52.3 Å². The molecular formula is C24H25F2N9. The average Bonchev–Trinajstić information content (AvgIpc) is 3.48. The van der Waals surface area contributed by atoms with E-state index in [0.717, 1.165) is 32.6 Å². The highest BCUT2D eigenvalue weighted by Crippen LogP contribution is 2.38. The van der Waals surface area contributed by atoms with Gasteiger partial charge in [0.05, 0.1) is 11.8 Å². The summed E-state index contributed by atoms with van der Waals surface area (Å²) in [7, 11) is 3.89. The Morgan fingerprint density at radius 3 is 2.57 bits per heavy atom. The van der Waals surface area contributed by atoms with Gasteiger partial charge in [0, 0.05) is 50.2 Å². The van der Waals surface area contributed by atoms with Crippen LogP contribution in [0.2, 0.25) is 0 Å². The topological polar surface area (TPSA) is 98.8 Å². The predicted molar refractivity (Wildman–Crippen MR) is 128 cm³/mol. The van der Waals surface area contributed by atoms with Crippen molar-refractivity contribution in [3.63, 3.8) is 0 Å². The molecular weight excluding hydrogens is 452 g/mol. The second kappa shape index (κ2) is 8.58. The highest BCUT2D eigenvalue weighted by Gasteiger charge is 2.29. The Morgan fingerprint density at radius 2 is 1.83 bits per heavy atom. The number of benzene rings is 1. The van der Waals surface area contributed by atoms with Crippen LogP contribution in [-0.4, -0.2) is 75.3 Å². The number of rotatable bonds is 4. The molecule has 1 aliphatic heterocycles. The average molecular weight is 478 g/mol. The molecule has 4 heterocycles. The van der Waals surface area contributed by atoms with Gasteiger partial charge in [0.15, 0.2) is 5.82 Å². The van der Waals surface area contributed by atoms with Crippen LogP contribution in [0.1, 0.15) is 23.6 Å². The third-order valence-corrected chi connectivity index (χ3v) is 6.98. The number of hydrogen-bond donors (Lipinski definition) is 2. The van der Waals surface area contributed by atoms with Gasteiger partial charge in [0.1, 0.15) is 28.4 Å². The van der Waals surface area contributed by atoms with Gasteiger partial charge in [0.25, 0.3) is 0 Å². The normalized spacial score (nSPS) is 18.4. The van der Waals surface area contributed by atoms with Crippen molar-refractivity contribution in [3.05, 3.63) is 47.4 Å². The fraction of sp³-hybridized carbons (Fsp3) is 0.375. The Balaban J connectivity index is 1.36. The van der Waals surface area contributed by atoms with E-state index in [1.165, 1.54) is 12.3 Å². The van der Waals surface area contributed by atoms with Gasteiger partial charge in [-0.05, 0) is 44.1 Å². The Bertz CT molecular complexity index is 1390. The standard InChI is InChI=1S/C24H25F2N9/c1-27-17-4-3-14-15(17)9-16(25)19(20(14)26)23-28-12-18-22(31-23)21(33-32-18)13-10-29-24(30-11-13)35-7-5-34(2)6-8-35/h9-12,17,27H,3-8H2,1-2H3,(H,32,33). The monoisotopic (exact) mass is 477 g/mol. The van der Waals surface area contributed by atoms with Gasteiger partial charge in [-0.3, -0.25) is 5.10 Å². The van der Waals surface area contributed by atoms with Crippen molar-refractivity contribution < 1.29 is 8.78 Å². The van der Waals surface area contributed by atoms with Crippen molar-refractivity contribution >= 4 is 17.0 Å². The zero-order valence-corrected chi connectivity index (χ0v) is 19.5. The third-order valence-electron chi connectivity index (χ3n) is 6.98. The number of aromatic amines is 1. The molecule has 0 spiro atoms. The second-order valence-corrected chi connectivity index (χ2v) is 9.09. The van der Waals surface area contributed by atoms with Crippen LogP contribution >= 0.6 is 0 Å². The number of fused-ring (bicyclic) bond motifs is 2. The van der Waals surface area contributed by atoms with Crippen molar-refractivity contribution in [1.82, 2.24) is 40.3 Å². The molecule has 1 aliphatic carbocycles. The summed E-state index contributed by atoms with van der Waals surface area (Å²) < 4.78 is 30.5. The highest BCUT2D eigenvalue weighted by molar-refractivity contribution is 5.89. The van der Waals surface area contributed by atoms with Crippen LogP contribution in [-0.2, 0) is 6.42 Å². The number of piperazine rings is 1.